The van der Waals surface area contributed by atoms with E-state index >= 15 is 0 Å². The van der Waals surface area contributed by atoms with Crippen molar-refractivity contribution in [2.75, 3.05) is 5.32 Å². The fourth-order valence-electron chi connectivity index (χ4n) is 2.20. The molecule has 110 valence electrons. The quantitative estimate of drug-likeness (QED) is 0.763. The van der Waals surface area contributed by atoms with Crippen LogP contribution in [-0.4, -0.2) is 15.9 Å². The predicted octanol–water partition coefficient (Wildman–Crippen LogP) is 2.79. The predicted molar refractivity (Wildman–Crippen MR) is 86.2 cm³/mol. The zero-order chi connectivity index (χ0) is 15.7. The maximum absolute atomic E-state index is 12.2. The number of anilines is 1. The van der Waals surface area contributed by atoms with Crippen molar-refractivity contribution in [1.82, 2.24) is 9.97 Å². The van der Waals surface area contributed by atoms with Crippen LogP contribution in [0.15, 0.2) is 47.3 Å². The van der Waals surface area contributed by atoms with Gasteiger partial charge in [-0.2, -0.15) is 0 Å². The zero-order valence-corrected chi connectivity index (χ0v) is 12.3. The molecule has 3 aromatic rings. The van der Waals surface area contributed by atoms with E-state index in [-0.39, 0.29) is 17.4 Å². The minimum Gasteiger partial charge on any atom is -0.292 e. The Morgan fingerprint density at radius 3 is 2.45 bits per heavy atom. The van der Waals surface area contributed by atoms with E-state index in [1.165, 1.54) is 0 Å². The molecule has 5 heteroatoms. The largest absolute Gasteiger partial charge is 0.292 e. The first-order chi connectivity index (χ1) is 10.5. The van der Waals surface area contributed by atoms with Gasteiger partial charge in [-0.1, -0.05) is 29.3 Å². The number of nitrogens with zero attached hydrogens (tertiary/aromatic N) is 1. The highest BCUT2D eigenvalue weighted by Crippen LogP contribution is 2.12. The summed E-state index contributed by atoms with van der Waals surface area (Å²) in [7, 11) is 0. The van der Waals surface area contributed by atoms with E-state index in [4.69, 9.17) is 0 Å². The molecule has 0 aliphatic heterocycles. The van der Waals surface area contributed by atoms with Crippen molar-refractivity contribution in [3.63, 3.8) is 0 Å². The second-order valence-electron chi connectivity index (χ2n) is 5.26. The molecule has 1 aromatic heterocycles. The number of benzene rings is 2. The molecular formula is C17H15N3O2. The van der Waals surface area contributed by atoms with Crippen LogP contribution in [0.1, 0.15) is 21.5 Å². The van der Waals surface area contributed by atoms with Crippen LogP contribution in [0, 0.1) is 13.8 Å². The lowest BCUT2D eigenvalue weighted by Crippen LogP contribution is -2.18. The number of nitrogens with one attached hydrogen (secondary N) is 2. The molecule has 0 saturated heterocycles. The Morgan fingerprint density at radius 2 is 1.73 bits per heavy atom. The lowest BCUT2D eigenvalue weighted by Gasteiger charge is -2.06. The summed E-state index contributed by atoms with van der Waals surface area (Å²) >= 11 is 0. The molecule has 0 aliphatic carbocycles. The molecule has 0 bridgehead atoms. The standard InChI is InChI=1S/C17H15N3O2/c1-10-3-6-12(7-4-10)15(21)19-17-18-14-8-5-11(2)9-13(14)16(22)20-17/h3-9H,1-2H3,(H2,18,19,20,21,22). The van der Waals surface area contributed by atoms with Crippen molar-refractivity contribution in [3.05, 3.63) is 69.5 Å². The number of hydrogen-bond donors (Lipinski definition) is 2. The fraction of sp³-hybridized carbons (Fsp3) is 0.118. The van der Waals surface area contributed by atoms with Gasteiger partial charge < -0.3 is 0 Å². The smallest absolute Gasteiger partial charge is 0.260 e. The van der Waals surface area contributed by atoms with E-state index in [0.29, 0.717) is 16.5 Å². The highest BCUT2D eigenvalue weighted by atomic mass is 16.2. The van der Waals surface area contributed by atoms with E-state index in [0.717, 1.165) is 11.1 Å². The molecule has 0 atom stereocenters. The zero-order valence-electron chi connectivity index (χ0n) is 12.3. The van der Waals surface area contributed by atoms with Crippen molar-refractivity contribution in [2.45, 2.75) is 13.8 Å². The maximum Gasteiger partial charge on any atom is 0.260 e. The van der Waals surface area contributed by atoms with Gasteiger partial charge in [-0.25, -0.2) is 4.98 Å². The topological polar surface area (TPSA) is 74.8 Å². The molecule has 5 nitrogen and oxygen atoms in total. The molecule has 0 fully saturated rings. The Kier molecular flexibility index (Phi) is 3.47. The number of amides is 1. The molecule has 0 unspecified atom stereocenters. The fourth-order valence-corrected chi connectivity index (χ4v) is 2.20. The number of aromatic amines is 1. The molecule has 2 N–H and O–H groups in total. The highest BCUT2D eigenvalue weighted by molar-refractivity contribution is 6.03. The third-order valence-corrected chi connectivity index (χ3v) is 3.41. The van der Waals surface area contributed by atoms with Gasteiger partial charge in [0.15, 0.2) is 0 Å². The SMILES string of the molecule is Cc1ccc(C(=O)Nc2nc3ccc(C)cc3c(=O)[nH]2)cc1. The van der Waals surface area contributed by atoms with Crippen LogP contribution in [0.5, 0.6) is 0 Å². The van der Waals surface area contributed by atoms with Crippen molar-refractivity contribution in [1.29, 1.82) is 0 Å². The molecule has 22 heavy (non-hydrogen) atoms. The molecule has 0 radical (unpaired) electrons. The number of rotatable bonds is 2. The number of carbonyl (C=O) groups excluding carboxylic acids is 1. The Labute approximate surface area is 127 Å². The van der Waals surface area contributed by atoms with Crippen molar-refractivity contribution >= 4 is 22.8 Å². The number of fused-ring (bicyclic) bond motifs is 1. The summed E-state index contributed by atoms with van der Waals surface area (Å²) in [6.45, 7) is 3.86. The third kappa shape index (κ3) is 2.74. The van der Waals surface area contributed by atoms with Crippen LogP contribution >= 0.6 is 0 Å². The lowest BCUT2D eigenvalue weighted by atomic mass is 10.1. The summed E-state index contributed by atoms with van der Waals surface area (Å²) in [4.78, 5) is 31.1. The number of H-pyrrole nitrogens is 1. The van der Waals surface area contributed by atoms with Crippen LogP contribution in [0.25, 0.3) is 10.9 Å². The Hall–Kier alpha value is -2.95. The molecule has 0 saturated carbocycles. The lowest BCUT2D eigenvalue weighted by molar-refractivity contribution is 0.102. The van der Waals surface area contributed by atoms with Gasteiger partial charge in [0, 0.05) is 5.56 Å². The number of hydrogen-bond acceptors (Lipinski definition) is 3. The first-order valence-corrected chi connectivity index (χ1v) is 6.91. The second kappa shape index (κ2) is 5.44. The molecule has 1 amide bonds. The maximum atomic E-state index is 12.2. The van der Waals surface area contributed by atoms with Gasteiger partial charge in [0.1, 0.15) is 0 Å². The van der Waals surface area contributed by atoms with E-state index in [1.54, 1.807) is 24.3 Å². The van der Waals surface area contributed by atoms with Gasteiger partial charge in [-0.3, -0.25) is 19.9 Å². The van der Waals surface area contributed by atoms with Gasteiger partial charge in [0.2, 0.25) is 5.95 Å². The van der Waals surface area contributed by atoms with Gasteiger partial charge in [0.25, 0.3) is 11.5 Å². The summed E-state index contributed by atoms with van der Waals surface area (Å²) in [6.07, 6.45) is 0. The highest BCUT2D eigenvalue weighted by Gasteiger charge is 2.09. The Balaban J connectivity index is 1.94. The van der Waals surface area contributed by atoms with Gasteiger partial charge in [-0.05, 0) is 38.1 Å². The first kappa shape index (κ1) is 14.0. The van der Waals surface area contributed by atoms with E-state index < -0.39 is 0 Å². The second-order valence-corrected chi connectivity index (χ2v) is 5.26. The molecule has 0 aliphatic rings. The van der Waals surface area contributed by atoms with Gasteiger partial charge in [-0.15, -0.1) is 0 Å². The summed E-state index contributed by atoms with van der Waals surface area (Å²) < 4.78 is 0. The summed E-state index contributed by atoms with van der Waals surface area (Å²) in [6, 6.07) is 12.6. The van der Waals surface area contributed by atoms with Crippen LogP contribution in [0.3, 0.4) is 0 Å². The van der Waals surface area contributed by atoms with E-state index in [9.17, 15) is 9.59 Å². The average Bonchev–Trinajstić information content (AvgIpc) is 2.49. The minimum atomic E-state index is -0.311. The normalized spacial score (nSPS) is 10.6. The Morgan fingerprint density at radius 1 is 1.05 bits per heavy atom. The molecular weight excluding hydrogens is 278 g/mol. The number of carbonyl (C=O) groups is 1. The number of aryl methyl sites for hydroxylation is 2. The number of aromatic nitrogens is 2. The van der Waals surface area contributed by atoms with Gasteiger partial charge >= 0.3 is 0 Å². The van der Waals surface area contributed by atoms with E-state index in [1.807, 2.05) is 32.0 Å². The van der Waals surface area contributed by atoms with E-state index in [2.05, 4.69) is 15.3 Å². The summed E-state index contributed by atoms with van der Waals surface area (Å²) in [5.74, 6) is -0.165. The summed E-state index contributed by atoms with van der Waals surface area (Å²) in [5.41, 5.74) is 2.85. The molecule has 3 rings (SSSR count). The van der Waals surface area contributed by atoms with Gasteiger partial charge in [0.05, 0.1) is 10.9 Å². The molecule has 1 heterocycles. The summed E-state index contributed by atoms with van der Waals surface area (Å²) in [5, 5.41) is 3.13. The first-order valence-electron chi connectivity index (χ1n) is 6.91. The van der Waals surface area contributed by atoms with Crippen molar-refractivity contribution < 1.29 is 4.79 Å². The minimum absolute atomic E-state index is 0.145. The molecule has 2 aromatic carbocycles. The van der Waals surface area contributed by atoms with Crippen LogP contribution < -0.4 is 10.9 Å². The van der Waals surface area contributed by atoms with Crippen molar-refractivity contribution in [3.8, 4) is 0 Å². The molecule has 0 spiro atoms. The monoisotopic (exact) mass is 293 g/mol. The van der Waals surface area contributed by atoms with Crippen LogP contribution in [0.2, 0.25) is 0 Å². The van der Waals surface area contributed by atoms with Crippen LogP contribution in [0.4, 0.5) is 5.95 Å². The third-order valence-electron chi connectivity index (χ3n) is 3.41. The Bertz CT molecular complexity index is 911. The van der Waals surface area contributed by atoms with Crippen molar-refractivity contribution in [2.24, 2.45) is 0 Å². The average molecular weight is 293 g/mol. The van der Waals surface area contributed by atoms with Crippen LogP contribution in [-0.2, 0) is 0 Å².